The number of anilines is 2. The van der Waals surface area contributed by atoms with E-state index in [0.29, 0.717) is 5.69 Å². The van der Waals surface area contributed by atoms with Gasteiger partial charge in [-0.2, -0.15) is 8.42 Å². The summed E-state index contributed by atoms with van der Waals surface area (Å²) in [6.45, 7) is 2.06. The molecule has 1 heterocycles. The molecule has 0 aliphatic carbocycles. The molecule has 0 saturated heterocycles. The van der Waals surface area contributed by atoms with Crippen LogP contribution in [0.2, 0.25) is 0 Å². The zero-order chi connectivity index (χ0) is 15.3. The number of furan rings is 1. The Morgan fingerprint density at radius 1 is 1.24 bits per heavy atom. The average molecular weight is 309 g/mol. The third kappa shape index (κ3) is 5.49. The highest BCUT2D eigenvalue weighted by Gasteiger charge is 2.06. The molecule has 4 N–H and O–H groups in total. The van der Waals surface area contributed by atoms with Gasteiger partial charge in [0.25, 0.3) is 10.2 Å². The molecule has 7 heteroatoms. The first-order valence-corrected chi connectivity index (χ1v) is 8.16. The van der Waals surface area contributed by atoms with Crippen molar-refractivity contribution in [2.45, 2.75) is 25.8 Å². The van der Waals surface area contributed by atoms with E-state index in [2.05, 4.69) is 17.0 Å². The van der Waals surface area contributed by atoms with Crippen LogP contribution in [0, 0.1) is 0 Å². The second-order valence-corrected chi connectivity index (χ2v) is 6.19. The summed E-state index contributed by atoms with van der Waals surface area (Å²) in [5.41, 5.74) is 1.26. The smallest absolute Gasteiger partial charge is 0.296 e. The van der Waals surface area contributed by atoms with Gasteiger partial charge in [-0.15, -0.1) is 0 Å². The Kier molecular flexibility index (Phi) is 4.87. The summed E-state index contributed by atoms with van der Waals surface area (Å²) in [5, 5.41) is 8.26. The lowest BCUT2D eigenvalue weighted by atomic mass is 10.1. The fourth-order valence-corrected chi connectivity index (χ4v) is 2.46. The van der Waals surface area contributed by atoms with Gasteiger partial charge in [0.15, 0.2) is 0 Å². The third-order valence-corrected chi connectivity index (χ3v) is 3.46. The maximum absolute atomic E-state index is 11.0. The van der Waals surface area contributed by atoms with Crippen LogP contribution >= 0.6 is 0 Å². The van der Waals surface area contributed by atoms with Crippen molar-refractivity contribution in [2.24, 2.45) is 5.14 Å². The van der Waals surface area contributed by atoms with Crippen LogP contribution in [0.15, 0.2) is 47.1 Å². The SMILES string of the molecule is CC(CCc1ccco1)Nc1cccc(NS(N)(=O)=O)c1. The molecule has 0 aliphatic heterocycles. The number of hydrogen-bond acceptors (Lipinski definition) is 4. The predicted octanol–water partition coefficient (Wildman–Crippen LogP) is 2.33. The first kappa shape index (κ1) is 15.4. The highest BCUT2D eigenvalue weighted by atomic mass is 32.2. The Bertz CT molecular complexity index is 669. The van der Waals surface area contributed by atoms with Gasteiger partial charge >= 0.3 is 0 Å². The topological polar surface area (TPSA) is 97.4 Å². The monoisotopic (exact) mass is 309 g/mol. The van der Waals surface area contributed by atoms with Crippen molar-refractivity contribution in [1.82, 2.24) is 0 Å². The number of nitrogens with two attached hydrogens (primary N) is 1. The first-order chi connectivity index (χ1) is 9.92. The lowest BCUT2D eigenvalue weighted by Crippen LogP contribution is -2.22. The minimum atomic E-state index is -3.75. The molecular formula is C14H19N3O3S. The van der Waals surface area contributed by atoms with Gasteiger partial charge in [0, 0.05) is 18.2 Å². The molecule has 2 rings (SSSR count). The highest BCUT2D eigenvalue weighted by molar-refractivity contribution is 7.90. The van der Waals surface area contributed by atoms with Crippen molar-refractivity contribution in [1.29, 1.82) is 0 Å². The summed E-state index contributed by atoms with van der Waals surface area (Å²) in [5.74, 6) is 0.952. The van der Waals surface area contributed by atoms with Crippen LogP contribution in [0.1, 0.15) is 19.1 Å². The quantitative estimate of drug-likeness (QED) is 0.731. The molecule has 1 aromatic carbocycles. The number of nitrogens with one attached hydrogen (secondary N) is 2. The first-order valence-electron chi connectivity index (χ1n) is 6.62. The van der Waals surface area contributed by atoms with Gasteiger partial charge in [-0.05, 0) is 43.7 Å². The van der Waals surface area contributed by atoms with Crippen molar-refractivity contribution in [3.8, 4) is 0 Å². The number of benzene rings is 1. The molecule has 2 aromatic rings. The van der Waals surface area contributed by atoms with E-state index >= 15 is 0 Å². The molecule has 1 unspecified atom stereocenters. The summed E-state index contributed by atoms with van der Waals surface area (Å²) in [7, 11) is -3.75. The summed E-state index contributed by atoms with van der Waals surface area (Å²) in [6.07, 6.45) is 3.41. The van der Waals surface area contributed by atoms with E-state index < -0.39 is 10.2 Å². The molecule has 0 radical (unpaired) electrons. The number of rotatable bonds is 7. The van der Waals surface area contributed by atoms with Crippen molar-refractivity contribution in [3.63, 3.8) is 0 Å². The van der Waals surface area contributed by atoms with Gasteiger partial charge in [0.05, 0.1) is 12.0 Å². The number of hydrogen-bond donors (Lipinski definition) is 3. The predicted molar refractivity (Wildman–Crippen MR) is 83.3 cm³/mol. The molecule has 0 bridgehead atoms. The van der Waals surface area contributed by atoms with Crippen LogP contribution in [0.4, 0.5) is 11.4 Å². The van der Waals surface area contributed by atoms with E-state index in [-0.39, 0.29) is 6.04 Å². The van der Waals surface area contributed by atoms with Crippen LogP contribution in [-0.4, -0.2) is 14.5 Å². The zero-order valence-electron chi connectivity index (χ0n) is 11.7. The second-order valence-electron chi connectivity index (χ2n) is 4.89. The highest BCUT2D eigenvalue weighted by Crippen LogP contribution is 2.17. The molecule has 0 fully saturated rings. The Hall–Kier alpha value is -1.99. The van der Waals surface area contributed by atoms with Crippen LogP contribution in [-0.2, 0) is 16.6 Å². The van der Waals surface area contributed by atoms with Crippen LogP contribution in [0.25, 0.3) is 0 Å². The Labute approximate surface area is 124 Å². The number of aryl methyl sites for hydroxylation is 1. The van der Waals surface area contributed by atoms with Crippen LogP contribution < -0.4 is 15.2 Å². The van der Waals surface area contributed by atoms with E-state index in [9.17, 15) is 8.42 Å². The zero-order valence-corrected chi connectivity index (χ0v) is 12.6. The molecule has 0 amide bonds. The molecule has 0 aliphatic rings. The Morgan fingerprint density at radius 3 is 2.67 bits per heavy atom. The van der Waals surface area contributed by atoms with Crippen LogP contribution in [0.3, 0.4) is 0 Å². The molecule has 1 atom stereocenters. The van der Waals surface area contributed by atoms with Crippen molar-refractivity contribution in [3.05, 3.63) is 48.4 Å². The standard InChI is InChI=1S/C14H19N3O3S/c1-11(7-8-14-6-3-9-20-14)16-12-4-2-5-13(10-12)17-21(15,18)19/h2-6,9-11,16-17H,7-8H2,1H3,(H2,15,18,19). The minimum Gasteiger partial charge on any atom is -0.469 e. The molecule has 1 aromatic heterocycles. The normalized spacial score (nSPS) is 12.9. The molecule has 0 spiro atoms. The lowest BCUT2D eigenvalue weighted by Gasteiger charge is -2.15. The average Bonchev–Trinajstić information content (AvgIpc) is 2.87. The van der Waals surface area contributed by atoms with Gasteiger partial charge in [0.2, 0.25) is 0 Å². The summed E-state index contributed by atoms with van der Waals surface area (Å²) in [4.78, 5) is 0. The van der Waals surface area contributed by atoms with Crippen molar-refractivity contribution >= 4 is 21.6 Å². The van der Waals surface area contributed by atoms with Gasteiger partial charge in [-0.3, -0.25) is 4.72 Å². The van der Waals surface area contributed by atoms with E-state index in [0.717, 1.165) is 24.3 Å². The van der Waals surface area contributed by atoms with Gasteiger partial charge in [-0.25, -0.2) is 5.14 Å². The van der Waals surface area contributed by atoms with E-state index in [1.807, 2.05) is 18.2 Å². The summed E-state index contributed by atoms with van der Waals surface area (Å²) in [6, 6.07) is 11.0. The Morgan fingerprint density at radius 2 is 2.00 bits per heavy atom. The minimum absolute atomic E-state index is 0.222. The molecule has 21 heavy (non-hydrogen) atoms. The maximum atomic E-state index is 11.0. The maximum Gasteiger partial charge on any atom is 0.296 e. The molecule has 114 valence electrons. The lowest BCUT2D eigenvalue weighted by molar-refractivity contribution is 0.495. The Balaban J connectivity index is 1.91. The third-order valence-electron chi connectivity index (χ3n) is 2.94. The van der Waals surface area contributed by atoms with Gasteiger partial charge in [-0.1, -0.05) is 6.07 Å². The fraction of sp³-hybridized carbons (Fsp3) is 0.286. The summed E-state index contributed by atoms with van der Waals surface area (Å²) < 4.78 is 29.5. The van der Waals surface area contributed by atoms with Crippen molar-refractivity contribution < 1.29 is 12.8 Å². The van der Waals surface area contributed by atoms with E-state index in [4.69, 9.17) is 9.56 Å². The van der Waals surface area contributed by atoms with Gasteiger partial charge < -0.3 is 9.73 Å². The van der Waals surface area contributed by atoms with Crippen molar-refractivity contribution in [2.75, 3.05) is 10.0 Å². The van der Waals surface area contributed by atoms with E-state index in [1.165, 1.54) is 0 Å². The van der Waals surface area contributed by atoms with Gasteiger partial charge in [0.1, 0.15) is 5.76 Å². The largest absolute Gasteiger partial charge is 0.469 e. The van der Waals surface area contributed by atoms with Crippen LogP contribution in [0.5, 0.6) is 0 Å². The fourth-order valence-electron chi connectivity index (χ4n) is 2.01. The van der Waals surface area contributed by atoms with E-state index in [1.54, 1.807) is 24.5 Å². The molecule has 0 saturated carbocycles. The molecule has 6 nitrogen and oxygen atoms in total. The second kappa shape index (κ2) is 6.64. The molecular weight excluding hydrogens is 290 g/mol. The summed E-state index contributed by atoms with van der Waals surface area (Å²) >= 11 is 0.